The summed E-state index contributed by atoms with van der Waals surface area (Å²) in [6.45, 7) is 0.430. The van der Waals surface area contributed by atoms with Crippen LogP contribution in [0.5, 0.6) is 0 Å². The van der Waals surface area contributed by atoms with Gasteiger partial charge in [-0.05, 0) is 28.5 Å². The second-order valence-electron chi connectivity index (χ2n) is 4.71. The molecule has 3 rings (SSSR count). The highest BCUT2D eigenvalue weighted by molar-refractivity contribution is 5.85. The molecule has 0 unspecified atom stereocenters. The Kier molecular flexibility index (Phi) is 3.50. The maximum atomic E-state index is 11.9. The molecule has 0 saturated heterocycles. The second-order valence-corrected chi connectivity index (χ2v) is 4.71. The van der Waals surface area contributed by atoms with E-state index >= 15 is 0 Å². The van der Waals surface area contributed by atoms with Crippen LogP contribution in [0.25, 0.3) is 10.8 Å². The Bertz CT molecular complexity index is 717. The lowest BCUT2D eigenvalue weighted by atomic mass is 10.0. The topological polar surface area (TPSA) is 42.2 Å². The number of amides is 1. The maximum absolute atomic E-state index is 11.9. The number of rotatable bonds is 4. The number of hydrogen-bond donors (Lipinski definition) is 1. The normalized spacial score (nSPS) is 10.6. The Hall–Kier alpha value is -2.55. The molecule has 0 fully saturated rings. The number of benzene rings is 2. The molecule has 0 bridgehead atoms. The fourth-order valence-corrected chi connectivity index (χ4v) is 2.20. The van der Waals surface area contributed by atoms with Crippen LogP contribution in [0.3, 0.4) is 0 Å². The number of fused-ring (bicyclic) bond motifs is 1. The fourth-order valence-electron chi connectivity index (χ4n) is 2.20. The van der Waals surface area contributed by atoms with E-state index in [1.54, 1.807) is 6.26 Å². The standard InChI is InChI=1S/C17H15NO2/c19-17(18-12-16-6-3-9-20-16)11-13-7-8-14-4-1-2-5-15(14)10-13/h1-10H,11-12H2,(H,18,19). The molecule has 1 N–H and O–H groups in total. The molecule has 0 aliphatic heterocycles. The molecule has 1 heterocycles. The summed E-state index contributed by atoms with van der Waals surface area (Å²) in [7, 11) is 0. The molecule has 3 nitrogen and oxygen atoms in total. The first-order chi connectivity index (χ1) is 9.81. The molecule has 2 aromatic carbocycles. The molecule has 1 amide bonds. The lowest BCUT2D eigenvalue weighted by Gasteiger charge is -2.05. The van der Waals surface area contributed by atoms with E-state index < -0.39 is 0 Å². The lowest BCUT2D eigenvalue weighted by Crippen LogP contribution is -2.24. The summed E-state index contributed by atoms with van der Waals surface area (Å²) in [6, 6.07) is 17.9. The highest BCUT2D eigenvalue weighted by atomic mass is 16.3. The molecule has 0 atom stereocenters. The third kappa shape index (κ3) is 2.88. The van der Waals surface area contributed by atoms with Crippen LogP contribution in [-0.4, -0.2) is 5.91 Å². The van der Waals surface area contributed by atoms with Crippen molar-refractivity contribution in [3.8, 4) is 0 Å². The van der Waals surface area contributed by atoms with E-state index in [9.17, 15) is 4.79 Å². The van der Waals surface area contributed by atoms with Gasteiger partial charge in [0.1, 0.15) is 5.76 Å². The van der Waals surface area contributed by atoms with Crippen LogP contribution in [0.4, 0.5) is 0 Å². The molecule has 3 aromatic rings. The minimum atomic E-state index is -0.00307. The number of carbonyl (C=O) groups excluding carboxylic acids is 1. The predicted molar refractivity (Wildman–Crippen MR) is 78.2 cm³/mol. The average molecular weight is 265 g/mol. The zero-order valence-electron chi connectivity index (χ0n) is 11.0. The Morgan fingerprint density at radius 3 is 2.65 bits per heavy atom. The van der Waals surface area contributed by atoms with Crippen molar-refractivity contribution >= 4 is 16.7 Å². The molecule has 0 saturated carbocycles. The molecule has 3 heteroatoms. The molecule has 0 aliphatic carbocycles. The summed E-state index contributed by atoms with van der Waals surface area (Å²) < 4.78 is 5.18. The second kappa shape index (κ2) is 5.61. The first-order valence-corrected chi connectivity index (χ1v) is 6.58. The SMILES string of the molecule is O=C(Cc1ccc2ccccc2c1)NCc1ccco1. The molecular weight excluding hydrogens is 250 g/mol. The van der Waals surface area contributed by atoms with Gasteiger partial charge in [0, 0.05) is 0 Å². The van der Waals surface area contributed by atoms with Crippen LogP contribution < -0.4 is 5.32 Å². The van der Waals surface area contributed by atoms with Crippen LogP contribution in [-0.2, 0) is 17.8 Å². The highest BCUT2D eigenvalue weighted by Crippen LogP contribution is 2.15. The van der Waals surface area contributed by atoms with Gasteiger partial charge in [-0.2, -0.15) is 0 Å². The van der Waals surface area contributed by atoms with Gasteiger partial charge in [0.05, 0.1) is 19.2 Å². The van der Waals surface area contributed by atoms with Crippen LogP contribution in [0.15, 0.2) is 65.3 Å². The van der Waals surface area contributed by atoms with Gasteiger partial charge in [-0.3, -0.25) is 4.79 Å². The van der Waals surface area contributed by atoms with Gasteiger partial charge in [-0.25, -0.2) is 0 Å². The number of nitrogens with one attached hydrogen (secondary N) is 1. The summed E-state index contributed by atoms with van der Waals surface area (Å²) in [5.41, 5.74) is 1.01. The Balaban J connectivity index is 1.65. The zero-order valence-corrected chi connectivity index (χ0v) is 11.0. The van der Waals surface area contributed by atoms with Gasteiger partial charge in [0.25, 0.3) is 0 Å². The van der Waals surface area contributed by atoms with Crippen LogP contribution in [0.2, 0.25) is 0 Å². The van der Waals surface area contributed by atoms with E-state index in [4.69, 9.17) is 4.42 Å². The maximum Gasteiger partial charge on any atom is 0.224 e. The van der Waals surface area contributed by atoms with E-state index in [0.717, 1.165) is 16.7 Å². The van der Waals surface area contributed by atoms with Crippen molar-refractivity contribution in [1.29, 1.82) is 0 Å². The van der Waals surface area contributed by atoms with E-state index in [1.165, 1.54) is 5.39 Å². The number of furan rings is 1. The van der Waals surface area contributed by atoms with Crippen LogP contribution in [0.1, 0.15) is 11.3 Å². The van der Waals surface area contributed by atoms with Crippen molar-refractivity contribution in [2.45, 2.75) is 13.0 Å². The van der Waals surface area contributed by atoms with Crippen molar-refractivity contribution in [2.75, 3.05) is 0 Å². The summed E-state index contributed by atoms with van der Waals surface area (Å²) in [6.07, 6.45) is 1.98. The summed E-state index contributed by atoms with van der Waals surface area (Å²) in [5, 5.41) is 5.19. The van der Waals surface area contributed by atoms with Crippen molar-refractivity contribution < 1.29 is 9.21 Å². The molecule has 0 spiro atoms. The van der Waals surface area contributed by atoms with Gasteiger partial charge >= 0.3 is 0 Å². The van der Waals surface area contributed by atoms with Crippen molar-refractivity contribution in [2.24, 2.45) is 0 Å². The third-order valence-electron chi connectivity index (χ3n) is 3.22. The molecule has 0 aliphatic rings. The van der Waals surface area contributed by atoms with E-state index in [-0.39, 0.29) is 5.91 Å². The van der Waals surface area contributed by atoms with Gasteiger partial charge in [-0.15, -0.1) is 0 Å². The first kappa shape index (κ1) is 12.5. The van der Waals surface area contributed by atoms with Gasteiger partial charge < -0.3 is 9.73 Å². The van der Waals surface area contributed by atoms with E-state index in [0.29, 0.717) is 13.0 Å². The fraction of sp³-hybridized carbons (Fsp3) is 0.118. The van der Waals surface area contributed by atoms with Crippen LogP contribution in [0, 0.1) is 0 Å². The molecule has 0 radical (unpaired) electrons. The molecule has 20 heavy (non-hydrogen) atoms. The third-order valence-corrected chi connectivity index (χ3v) is 3.22. The highest BCUT2D eigenvalue weighted by Gasteiger charge is 2.05. The zero-order chi connectivity index (χ0) is 13.8. The molecule has 1 aromatic heterocycles. The minimum Gasteiger partial charge on any atom is -0.467 e. The van der Waals surface area contributed by atoms with Gasteiger partial charge in [0.15, 0.2) is 0 Å². The summed E-state index contributed by atoms with van der Waals surface area (Å²) in [5.74, 6) is 0.758. The Morgan fingerprint density at radius 2 is 1.85 bits per heavy atom. The monoisotopic (exact) mass is 265 g/mol. The molecular formula is C17H15NO2. The first-order valence-electron chi connectivity index (χ1n) is 6.58. The van der Waals surface area contributed by atoms with E-state index in [1.807, 2.05) is 36.4 Å². The van der Waals surface area contributed by atoms with Crippen molar-refractivity contribution in [3.63, 3.8) is 0 Å². The smallest absolute Gasteiger partial charge is 0.224 e. The molecule has 100 valence electrons. The lowest BCUT2D eigenvalue weighted by molar-refractivity contribution is -0.120. The minimum absolute atomic E-state index is 0.00307. The van der Waals surface area contributed by atoms with Crippen LogP contribution >= 0.6 is 0 Å². The number of carbonyl (C=O) groups is 1. The summed E-state index contributed by atoms with van der Waals surface area (Å²) >= 11 is 0. The van der Waals surface area contributed by atoms with Crippen molar-refractivity contribution in [3.05, 3.63) is 72.2 Å². The van der Waals surface area contributed by atoms with Crippen molar-refractivity contribution in [1.82, 2.24) is 5.32 Å². The van der Waals surface area contributed by atoms with Gasteiger partial charge in [-0.1, -0.05) is 42.5 Å². The predicted octanol–water partition coefficient (Wildman–Crippen LogP) is 3.29. The van der Waals surface area contributed by atoms with E-state index in [2.05, 4.69) is 23.5 Å². The Morgan fingerprint density at radius 1 is 1.00 bits per heavy atom. The van der Waals surface area contributed by atoms with Gasteiger partial charge in [0.2, 0.25) is 5.91 Å². The average Bonchev–Trinajstić information content (AvgIpc) is 2.98. The largest absolute Gasteiger partial charge is 0.467 e. The summed E-state index contributed by atoms with van der Waals surface area (Å²) in [4.78, 5) is 11.9. The quantitative estimate of drug-likeness (QED) is 0.786. The number of hydrogen-bond acceptors (Lipinski definition) is 2. The Labute approximate surface area is 117 Å².